The van der Waals surface area contributed by atoms with Gasteiger partial charge >= 0.3 is 0 Å². The second-order valence-corrected chi connectivity index (χ2v) is 6.21. The average molecular weight is 252 g/mol. The molecule has 1 rings (SSSR count). The molecule has 0 amide bonds. The van der Waals surface area contributed by atoms with Gasteiger partial charge in [0.2, 0.25) is 0 Å². The van der Waals surface area contributed by atoms with Gasteiger partial charge in [0.15, 0.2) is 0 Å². The van der Waals surface area contributed by atoms with Crippen LogP contribution in [0.15, 0.2) is 24.3 Å². The van der Waals surface area contributed by atoms with Crippen molar-refractivity contribution < 1.29 is 4.39 Å². The second-order valence-electron chi connectivity index (χ2n) is 6.21. The third-order valence-electron chi connectivity index (χ3n) is 2.98. The monoisotopic (exact) mass is 252 g/mol. The zero-order valence-corrected chi connectivity index (χ0v) is 11.9. The minimum atomic E-state index is -0.198. The molecule has 1 aromatic carbocycles. The van der Waals surface area contributed by atoms with Crippen molar-refractivity contribution in [2.45, 2.75) is 39.7 Å². The molecule has 0 aliphatic carbocycles. The van der Waals surface area contributed by atoms with Crippen LogP contribution in [0.2, 0.25) is 0 Å². The summed E-state index contributed by atoms with van der Waals surface area (Å²) in [6, 6.07) is 6.78. The summed E-state index contributed by atoms with van der Waals surface area (Å²) in [5, 5.41) is 0. The Morgan fingerprint density at radius 1 is 1.22 bits per heavy atom. The lowest BCUT2D eigenvalue weighted by molar-refractivity contribution is 0.332. The highest BCUT2D eigenvalue weighted by Crippen LogP contribution is 2.21. The van der Waals surface area contributed by atoms with Crippen molar-refractivity contribution in [2.75, 3.05) is 18.5 Å². The molecule has 102 valence electrons. The molecule has 18 heavy (non-hydrogen) atoms. The van der Waals surface area contributed by atoms with Crippen LogP contribution in [0.5, 0.6) is 0 Å². The summed E-state index contributed by atoms with van der Waals surface area (Å²) in [6.45, 7) is 7.51. The molecule has 0 radical (unpaired) electrons. The van der Waals surface area contributed by atoms with Crippen LogP contribution in [0.1, 0.15) is 33.6 Å². The topological polar surface area (TPSA) is 29.3 Å². The van der Waals surface area contributed by atoms with E-state index in [0.717, 1.165) is 25.1 Å². The fraction of sp³-hybridized carbons (Fsp3) is 0.600. The molecule has 0 spiro atoms. The van der Waals surface area contributed by atoms with E-state index >= 15 is 0 Å². The van der Waals surface area contributed by atoms with Crippen LogP contribution in [0, 0.1) is 11.2 Å². The van der Waals surface area contributed by atoms with E-state index < -0.39 is 0 Å². The van der Waals surface area contributed by atoms with Gasteiger partial charge in [-0.3, -0.25) is 0 Å². The molecule has 1 aromatic rings. The van der Waals surface area contributed by atoms with E-state index in [-0.39, 0.29) is 17.3 Å². The number of hydrogen-bond donors (Lipinski definition) is 1. The third kappa shape index (κ3) is 5.50. The zero-order valence-electron chi connectivity index (χ0n) is 11.9. The molecule has 0 heterocycles. The molecular formula is C15H25FN2. The van der Waals surface area contributed by atoms with E-state index in [2.05, 4.69) is 25.7 Å². The number of rotatable bonds is 5. The molecule has 3 heteroatoms. The van der Waals surface area contributed by atoms with Gasteiger partial charge in [-0.15, -0.1) is 0 Å². The third-order valence-corrected chi connectivity index (χ3v) is 2.98. The first-order valence-electron chi connectivity index (χ1n) is 6.50. The summed E-state index contributed by atoms with van der Waals surface area (Å²) < 4.78 is 12.8. The first-order valence-corrected chi connectivity index (χ1v) is 6.50. The van der Waals surface area contributed by atoms with Crippen molar-refractivity contribution in [1.82, 2.24) is 0 Å². The molecule has 0 bridgehead atoms. The SMILES string of the molecule is CN(CCC(N)CC(C)(C)C)c1ccc(F)cc1. The van der Waals surface area contributed by atoms with E-state index in [1.807, 2.05) is 7.05 Å². The number of nitrogens with zero attached hydrogens (tertiary/aromatic N) is 1. The Morgan fingerprint density at radius 3 is 2.28 bits per heavy atom. The van der Waals surface area contributed by atoms with E-state index in [9.17, 15) is 4.39 Å². The lowest BCUT2D eigenvalue weighted by Gasteiger charge is -2.26. The second kappa shape index (κ2) is 6.19. The van der Waals surface area contributed by atoms with Gasteiger partial charge in [0.1, 0.15) is 5.82 Å². The molecule has 2 nitrogen and oxygen atoms in total. The Kier molecular flexibility index (Phi) is 5.15. The largest absolute Gasteiger partial charge is 0.375 e. The smallest absolute Gasteiger partial charge is 0.123 e. The van der Waals surface area contributed by atoms with Crippen LogP contribution in [-0.2, 0) is 0 Å². The van der Waals surface area contributed by atoms with Gasteiger partial charge in [0, 0.05) is 25.3 Å². The van der Waals surface area contributed by atoms with Gasteiger partial charge in [0.05, 0.1) is 0 Å². The minimum Gasteiger partial charge on any atom is -0.375 e. The Bertz CT molecular complexity index is 354. The van der Waals surface area contributed by atoms with Gasteiger partial charge in [-0.25, -0.2) is 4.39 Å². The summed E-state index contributed by atoms with van der Waals surface area (Å²) in [6.07, 6.45) is 1.97. The van der Waals surface area contributed by atoms with Gasteiger partial charge < -0.3 is 10.6 Å². The molecule has 0 aromatic heterocycles. The molecule has 0 aliphatic heterocycles. The Labute approximate surface area is 110 Å². The lowest BCUT2D eigenvalue weighted by atomic mass is 9.87. The first kappa shape index (κ1) is 15.0. The first-order chi connectivity index (χ1) is 8.28. The molecule has 1 unspecified atom stereocenters. The maximum Gasteiger partial charge on any atom is 0.123 e. The number of benzene rings is 1. The van der Waals surface area contributed by atoms with E-state index in [1.165, 1.54) is 12.1 Å². The van der Waals surface area contributed by atoms with E-state index in [4.69, 9.17) is 5.73 Å². The number of nitrogens with two attached hydrogens (primary N) is 1. The standard InChI is InChI=1S/C15H25FN2/c1-15(2,3)11-13(17)9-10-18(4)14-7-5-12(16)6-8-14/h5-8,13H,9-11,17H2,1-4H3. The van der Waals surface area contributed by atoms with Crippen LogP contribution in [0.3, 0.4) is 0 Å². The van der Waals surface area contributed by atoms with Crippen molar-refractivity contribution in [3.63, 3.8) is 0 Å². The van der Waals surface area contributed by atoms with Gasteiger partial charge in [-0.2, -0.15) is 0 Å². The highest BCUT2D eigenvalue weighted by atomic mass is 19.1. The fourth-order valence-corrected chi connectivity index (χ4v) is 2.07. The maximum atomic E-state index is 12.8. The number of hydrogen-bond acceptors (Lipinski definition) is 2. The van der Waals surface area contributed by atoms with Crippen molar-refractivity contribution in [2.24, 2.45) is 11.1 Å². The Hall–Kier alpha value is -1.09. The lowest BCUT2D eigenvalue weighted by Crippen LogP contribution is -2.31. The molecule has 0 saturated heterocycles. The normalized spacial score (nSPS) is 13.4. The zero-order chi connectivity index (χ0) is 13.8. The van der Waals surface area contributed by atoms with Crippen molar-refractivity contribution in [3.8, 4) is 0 Å². The van der Waals surface area contributed by atoms with Crippen molar-refractivity contribution in [3.05, 3.63) is 30.1 Å². The van der Waals surface area contributed by atoms with Crippen LogP contribution >= 0.6 is 0 Å². The van der Waals surface area contributed by atoms with Gasteiger partial charge in [-0.05, 0) is 42.5 Å². The Morgan fingerprint density at radius 2 is 1.78 bits per heavy atom. The Balaban J connectivity index is 2.41. The summed E-state index contributed by atoms with van der Waals surface area (Å²) in [4.78, 5) is 2.11. The van der Waals surface area contributed by atoms with E-state index in [1.54, 1.807) is 12.1 Å². The van der Waals surface area contributed by atoms with Gasteiger partial charge in [0.25, 0.3) is 0 Å². The fourth-order valence-electron chi connectivity index (χ4n) is 2.07. The van der Waals surface area contributed by atoms with Crippen LogP contribution in [0.25, 0.3) is 0 Å². The predicted octanol–water partition coefficient (Wildman–Crippen LogP) is 3.42. The van der Waals surface area contributed by atoms with Crippen molar-refractivity contribution in [1.29, 1.82) is 0 Å². The van der Waals surface area contributed by atoms with Crippen LogP contribution < -0.4 is 10.6 Å². The summed E-state index contributed by atoms with van der Waals surface area (Å²) >= 11 is 0. The van der Waals surface area contributed by atoms with Crippen molar-refractivity contribution >= 4 is 5.69 Å². The number of halogens is 1. The average Bonchev–Trinajstić information content (AvgIpc) is 2.24. The van der Waals surface area contributed by atoms with E-state index in [0.29, 0.717) is 0 Å². The highest BCUT2D eigenvalue weighted by molar-refractivity contribution is 5.45. The summed E-state index contributed by atoms with van der Waals surface area (Å²) in [5.41, 5.74) is 7.42. The molecule has 2 N–H and O–H groups in total. The highest BCUT2D eigenvalue weighted by Gasteiger charge is 2.15. The van der Waals surface area contributed by atoms with Crippen LogP contribution in [-0.4, -0.2) is 19.6 Å². The molecular weight excluding hydrogens is 227 g/mol. The minimum absolute atomic E-state index is 0.198. The number of anilines is 1. The molecule has 1 atom stereocenters. The molecule has 0 saturated carbocycles. The van der Waals surface area contributed by atoms with Gasteiger partial charge in [-0.1, -0.05) is 20.8 Å². The quantitative estimate of drug-likeness (QED) is 0.870. The summed E-state index contributed by atoms with van der Waals surface area (Å²) in [7, 11) is 2.01. The molecule has 0 fully saturated rings. The van der Waals surface area contributed by atoms with Crippen LogP contribution in [0.4, 0.5) is 10.1 Å². The summed E-state index contributed by atoms with van der Waals surface area (Å²) in [5.74, 6) is -0.198. The predicted molar refractivity (Wildman–Crippen MR) is 76.3 cm³/mol. The molecule has 0 aliphatic rings. The maximum absolute atomic E-state index is 12.8.